The summed E-state index contributed by atoms with van der Waals surface area (Å²) in [6.45, 7) is 0. The van der Waals surface area contributed by atoms with Crippen LogP contribution in [0.3, 0.4) is 0 Å². The topological polar surface area (TPSA) is 68.3 Å². The van der Waals surface area contributed by atoms with E-state index in [1.54, 1.807) is 12.1 Å². The molecule has 3 rings (SSSR count). The van der Waals surface area contributed by atoms with Gasteiger partial charge in [0.25, 0.3) is 5.91 Å². The van der Waals surface area contributed by atoms with Gasteiger partial charge < -0.3 is 10.1 Å². The van der Waals surface area contributed by atoms with E-state index in [-0.39, 0.29) is 5.69 Å². The summed E-state index contributed by atoms with van der Waals surface area (Å²) in [6.07, 6.45) is 2.31. The van der Waals surface area contributed by atoms with E-state index in [2.05, 4.69) is 22.9 Å². The van der Waals surface area contributed by atoms with Crippen molar-refractivity contribution in [3.63, 3.8) is 0 Å². The number of hydrogen-bond acceptors (Lipinski definition) is 5. The standard InChI is InChI=1S/C17H16N2O3S/c1-22-16(21)17(9-11-5-2-3-6-12(11)10-17)19-15(20)14-13(23)7-4-8-18-14/h2-8,23H,9-10H2,1H3,(H,19,20). The Balaban J connectivity index is 1.92. The minimum Gasteiger partial charge on any atom is -0.467 e. The van der Waals surface area contributed by atoms with Gasteiger partial charge >= 0.3 is 5.97 Å². The molecule has 5 nitrogen and oxygen atoms in total. The fraction of sp³-hybridized carbons (Fsp3) is 0.235. The van der Waals surface area contributed by atoms with Crippen molar-refractivity contribution in [2.75, 3.05) is 7.11 Å². The number of thiol groups is 1. The number of nitrogens with zero attached hydrogens (tertiary/aromatic N) is 1. The Kier molecular flexibility index (Phi) is 4.09. The molecule has 2 aromatic rings. The van der Waals surface area contributed by atoms with Gasteiger partial charge in [-0.05, 0) is 23.3 Å². The van der Waals surface area contributed by atoms with E-state index in [0.717, 1.165) is 11.1 Å². The molecular weight excluding hydrogens is 312 g/mol. The molecule has 6 heteroatoms. The number of esters is 1. The number of rotatable bonds is 3. The van der Waals surface area contributed by atoms with Gasteiger partial charge in [0.2, 0.25) is 0 Å². The molecule has 0 spiro atoms. The number of ether oxygens (including phenoxy) is 1. The van der Waals surface area contributed by atoms with E-state index in [0.29, 0.717) is 17.7 Å². The highest BCUT2D eigenvalue weighted by molar-refractivity contribution is 7.80. The molecule has 1 aliphatic rings. The second-order valence-electron chi connectivity index (χ2n) is 5.52. The van der Waals surface area contributed by atoms with Crippen LogP contribution in [0.25, 0.3) is 0 Å². The predicted octanol–water partition coefficient (Wildman–Crippen LogP) is 1.81. The number of fused-ring (bicyclic) bond motifs is 1. The SMILES string of the molecule is COC(=O)C1(NC(=O)c2ncccc2S)Cc2ccccc2C1. The van der Waals surface area contributed by atoms with Crippen LogP contribution >= 0.6 is 12.6 Å². The van der Waals surface area contributed by atoms with Crippen molar-refractivity contribution >= 4 is 24.5 Å². The zero-order valence-corrected chi connectivity index (χ0v) is 13.5. The molecule has 0 saturated heterocycles. The lowest BCUT2D eigenvalue weighted by Crippen LogP contribution is -2.56. The quantitative estimate of drug-likeness (QED) is 0.666. The van der Waals surface area contributed by atoms with E-state index in [4.69, 9.17) is 4.74 Å². The van der Waals surface area contributed by atoms with Crippen LogP contribution in [0.15, 0.2) is 47.5 Å². The zero-order valence-electron chi connectivity index (χ0n) is 12.6. The first-order valence-corrected chi connectivity index (χ1v) is 7.62. The number of carbonyl (C=O) groups excluding carboxylic acids is 2. The average molecular weight is 328 g/mol. The number of carbonyl (C=O) groups is 2. The first-order chi connectivity index (χ1) is 11.1. The number of hydrogen-bond donors (Lipinski definition) is 2. The lowest BCUT2D eigenvalue weighted by Gasteiger charge is -2.27. The van der Waals surface area contributed by atoms with Crippen molar-refractivity contribution in [1.82, 2.24) is 10.3 Å². The Morgan fingerprint density at radius 2 is 1.83 bits per heavy atom. The molecule has 1 aromatic carbocycles. The summed E-state index contributed by atoms with van der Waals surface area (Å²) in [5.41, 5.74) is 1.15. The third-order valence-corrected chi connectivity index (χ3v) is 4.39. The lowest BCUT2D eigenvalue weighted by molar-refractivity contribution is -0.147. The Morgan fingerprint density at radius 3 is 2.39 bits per heavy atom. The van der Waals surface area contributed by atoms with Crippen LogP contribution in [0.1, 0.15) is 21.6 Å². The summed E-state index contributed by atoms with van der Waals surface area (Å²) in [5.74, 6) is -0.896. The van der Waals surface area contributed by atoms with E-state index < -0.39 is 17.4 Å². The molecular formula is C17H16N2O3S. The second-order valence-corrected chi connectivity index (χ2v) is 6.00. The minimum absolute atomic E-state index is 0.190. The molecule has 1 aliphatic carbocycles. The normalized spacial score (nSPS) is 14.9. The average Bonchev–Trinajstić information content (AvgIpc) is 2.93. The summed E-state index contributed by atoms with van der Waals surface area (Å²) in [6, 6.07) is 11.1. The number of amides is 1. The molecule has 23 heavy (non-hydrogen) atoms. The van der Waals surface area contributed by atoms with E-state index in [9.17, 15) is 9.59 Å². The van der Waals surface area contributed by atoms with Gasteiger partial charge in [-0.2, -0.15) is 0 Å². The van der Waals surface area contributed by atoms with Gasteiger partial charge in [0.15, 0.2) is 0 Å². The molecule has 0 fully saturated rings. The molecule has 0 bridgehead atoms. The monoisotopic (exact) mass is 328 g/mol. The zero-order chi connectivity index (χ0) is 16.4. The summed E-state index contributed by atoms with van der Waals surface area (Å²) in [4.78, 5) is 29.5. The highest BCUT2D eigenvalue weighted by Crippen LogP contribution is 2.31. The molecule has 0 unspecified atom stereocenters. The molecule has 1 aromatic heterocycles. The van der Waals surface area contributed by atoms with Crippen molar-refractivity contribution in [1.29, 1.82) is 0 Å². The number of benzene rings is 1. The van der Waals surface area contributed by atoms with Gasteiger partial charge in [-0.15, -0.1) is 12.6 Å². The first-order valence-electron chi connectivity index (χ1n) is 7.17. The number of pyridine rings is 1. The van der Waals surface area contributed by atoms with Crippen LogP contribution in [-0.2, 0) is 22.4 Å². The second kappa shape index (κ2) is 6.04. The highest BCUT2D eigenvalue weighted by atomic mass is 32.1. The fourth-order valence-corrected chi connectivity index (χ4v) is 3.19. The Hall–Kier alpha value is -2.34. The van der Waals surface area contributed by atoms with Crippen LogP contribution in [0.5, 0.6) is 0 Å². The van der Waals surface area contributed by atoms with Crippen molar-refractivity contribution in [3.8, 4) is 0 Å². The molecule has 1 amide bonds. The maximum Gasteiger partial charge on any atom is 0.332 e. The molecule has 1 N–H and O–H groups in total. The maximum atomic E-state index is 12.6. The fourth-order valence-electron chi connectivity index (χ4n) is 2.94. The third kappa shape index (κ3) is 2.82. The number of aromatic nitrogens is 1. The summed E-state index contributed by atoms with van der Waals surface area (Å²) >= 11 is 4.25. The van der Waals surface area contributed by atoms with Crippen molar-refractivity contribution in [2.24, 2.45) is 0 Å². The predicted molar refractivity (Wildman–Crippen MR) is 87.6 cm³/mol. The van der Waals surface area contributed by atoms with Gasteiger partial charge in [0, 0.05) is 23.9 Å². The molecule has 0 atom stereocenters. The molecule has 0 aliphatic heterocycles. The Labute approximate surface area is 139 Å². The largest absolute Gasteiger partial charge is 0.467 e. The maximum absolute atomic E-state index is 12.6. The summed E-state index contributed by atoms with van der Waals surface area (Å²) in [7, 11) is 1.32. The van der Waals surface area contributed by atoms with Crippen LogP contribution < -0.4 is 5.32 Å². The van der Waals surface area contributed by atoms with Crippen LogP contribution in [0, 0.1) is 0 Å². The third-order valence-electron chi connectivity index (χ3n) is 4.03. The molecule has 0 saturated carbocycles. The van der Waals surface area contributed by atoms with Gasteiger partial charge in [0.05, 0.1) is 7.11 Å². The van der Waals surface area contributed by atoms with Crippen molar-refractivity contribution in [3.05, 3.63) is 59.4 Å². The molecule has 1 heterocycles. The highest BCUT2D eigenvalue weighted by Gasteiger charge is 2.46. The first kappa shape index (κ1) is 15.6. The van der Waals surface area contributed by atoms with E-state index in [1.807, 2.05) is 24.3 Å². The summed E-state index contributed by atoms with van der Waals surface area (Å²) in [5, 5.41) is 2.82. The lowest BCUT2D eigenvalue weighted by atomic mass is 9.95. The van der Waals surface area contributed by atoms with Crippen LogP contribution in [0.4, 0.5) is 0 Å². The summed E-state index contributed by atoms with van der Waals surface area (Å²) < 4.78 is 4.94. The Bertz CT molecular complexity index is 751. The van der Waals surface area contributed by atoms with Gasteiger partial charge in [-0.25, -0.2) is 9.78 Å². The van der Waals surface area contributed by atoms with E-state index >= 15 is 0 Å². The number of methoxy groups -OCH3 is 1. The van der Waals surface area contributed by atoms with Crippen LogP contribution in [-0.4, -0.2) is 29.5 Å². The van der Waals surface area contributed by atoms with Crippen LogP contribution in [0.2, 0.25) is 0 Å². The minimum atomic E-state index is -1.10. The van der Waals surface area contributed by atoms with Crippen molar-refractivity contribution < 1.29 is 14.3 Å². The number of nitrogens with one attached hydrogen (secondary N) is 1. The smallest absolute Gasteiger partial charge is 0.332 e. The van der Waals surface area contributed by atoms with E-state index in [1.165, 1.54) is 13.3 Å². The van der Waals surface area contributed by atoms with Gasteiger partial charge in [0.1, 0.15) is 11.2 Å². The van der Waals surface area contributed by atoms with Gasteiger partial charge in [-0.3, -0.25) is 4.79 Å². The van der Waals surface area contributed by atoms with Crippen molar-refractivity contribution in [2.45, 2.75) is 23.3 Å². The van der Waals surface area contributed by atoms with Gasteiger partial charge in [-0.1, -0.05) is 24.3 Å². The molecule has 0 radical (unpaired) electrons. The Morgan fingerprint density at radius 1 is 1.17 bits per heavy atom. The molecule has 118 valence electrons.